The molecule has 0 fully saturated rings. The van der Waals surface area contributed by atoms with Crippen LogP contribution in [-0.2, 0) is 9.63 Å². The van der Waals surface area contributed by atoms with Gasteiger partial charge in [-0.25, -0.2) is 4.79 Å². The Morgan fingerprint density at radius 1 is 1.43 bits per heavy atom. The predicted octanol–water partition coefficient (Wildman–Crippen LogP) is 1.78. The van der Waals surface area contributed by atoms with Crippen LogP contribution in [-0.4, -0.2) is 23.9 Å². The highest BCUT2D eigenvalue weighted by molar-refractivity contribution is 6.42. The van der Waals surface area contributed by atoms with Crippen LogP contribution in [0.3, 0.4) is 0 Å². The maximum Gasteiger partial charge on any atom is 0.358 e. The third kappa shape index (κ3) is 2.47. The summed E-state index contributed by atoms with van der Waals surface area (Å²) < 4.78 is 0. The third-order valence-corrected chi connectivity index (χ3v) is 1.75. The van der Waals surface area contributed by atoms with Crippen LogP contribution in [0.2, 0.25) is 5.02 Å². The summed E-state index contributed by atoms with van der Waals surface area (Å²) in [4.78, 5) is 15.2. The lowest BCUT2D eigenvalue weighted by Crippen LogP contribution is -2.14. The Balaban J connectivity index is 3.06. The normalized spacial score (nSPS) is 11.1. The van der Waals surface area contributed by atoms with Crippen molar-refractivity contribution in [1.29, 1.82) is 0 Å². The molecule has 0 aliphatic rings. The second-order valence-corrected chi connectivity index (χ2v) is 2.87. The number of oxime groups is 1. The number of nitrogens with zero attached hydrogens (tertiary/aromatic N) is 1. The van der Waals surface area contributed by atoms with Gasteiger partial charge in [0.05, 0.1) is 0 Å². The molecule has 14 heavy (non-hydrogen) atoms. The SMILES string of the molecule is CON=C(C(=O)O)c1ccc(Cl)cc1. The minimum atomic E-state index is -1.14. The molecule has 5 heteroatoms. The molecule has 1 N–H and O–H groups in total. The first kappa shape index (κ1) is 10.5. The second kappa shape index (κ2) is 4.62. The van der Waals surface area contributed by atoms with E-state index in [-0.39, 0.29) is 5.71 Å². The van der Waals surface area contributed by atoms with Gasteiger partial charge in [-0.1, -0.05) is 28.9 Å². The Kier molecular flexibility index (Phi) is 3.48. The monoisotopic (exact) mass is 213 g/mol. The maximum atomic E-state index is 10.7. The van der Waals surface area contributed by atoms with E-state index in [4.69, 9.17) is 16.7 Å². The zero-order valence-electron chi connectivity index (χ0n) is 7.40. The fraction of sp³-hybridized carbons (Fsp3) is 0.111. The maximum absolute atomic E-state index is 10.7. The van der Waals surface area contributed by atoms with Gasteiger partial charge in [-0.2, -0.15) is 0 Å². The summed E-state index contributed by atoms with van der Waals surface area (Å²) in [6.07, 6.45) is 0. The Hall–Kier alpha value is -1.55. The highest BCUT2D eigenvalue weighted by Crippen LogP contribution is 2.10. The van der Waals surface area contributed by atoms with Gasteiger partial charge >= 0.3 is 5.97 Å². The lowest BCUT2D eigenvalue weighted by Gasteiger charge is -2.00. The molecule has 0 bridgehead atoms. The summed E-state index contributed by atoms with van der Waals surface area (Å²) in [5.41, 5.74) is 0.299. The van der Waals surface area contributed by atoms with E-state index in [1.807, 2.05) is 0 Å². The molecule has 4 nitrogen and oxygen atoms in total. The Labute approximate surface area is 85.7 Å². The quantitative estimate of drug-likeness (QED) is 0.615. The van der Waals surface area contributed by atoms with Crippen LogP contribution in [0.4, 0.5) is 0 Å². The number of rotatable bonds is 3. The molecule has 0 atom stereocenters. The summed E-state index contributed by atoms with van der Waals surface area (Å²) in [6, 6.07) is 6.30. The van der Waals surface area contributed by atoms with Gasteiger partial charge in [-0.05, 0) is 12.1 Å². The molecule has 0 spiro atoms. The summed E-state index contributed by atoms with van der Waals surface area (Å²) in [5.74, 6) is -1.14. The zero-order chi connectivity index (χ0) is 10.6. The molecule has 0 heterocycles. The van der Waals surface area contributed by atoms with Gasteiger partial charge in [0.15, 0.2) is 5.71 Å². The van der Waals surface area contributed by atoms with Crippen molar-refractivity contribution >= 4 is 23.3 Å². The Morgan fingerprint density at radius 3 is 2.43 bits per heavy atom. The molecule has 0 radical (unpaired) electrons. The van der Waals surface area contributed by atoms with Gasteiger partial charge in [-0.15, -0.1) is 0 Å². The predicted molar refractivity (Wildman–Crippen MR) is 52.6 cm³/mol. The standard InChI is InChI=1S/C9H8ClNO3/c1-14-11-8(9(12)13)6-2-4-7(10)5-3-6/h2-5H,1H3,(H,12,13). The first-order valence-corrected chi connectivity index (χ1v) is 4.13. The highest BCUT2D eigenvalue weighted by Gasteiger charge is 2.12. The zero-order valence-corrected chi connectivity index (χ0v) is 8.15. The molecule has 0 aliphatic heterocycles. The molecule has 1 aromatic rings. The molecule has 0 saturated carbocycles. The lowest BCUT2D eigenvalue weighted by molar-refractivity contribution is -0.129. The van der Waals surface area contributed by atoms with Gasteiger partial charge in [0.2, 0.25) is 0 Å². The molecule has 0 aliphatic carbocycles. The number of hydrogen-bond acceptors (Lipinski definition) is 3. The van der Waals surface area contributed by atoms with Crippen molar-refractivity contribution in [1.82, 2.24) is 0 Å². The summed E-state index contributed by atoms with van der Waals surface area (Å²) >= 11 is 5.65. The minimum absolute atomic E-state index is 0.149. The van der Waals surface area contributed by atoms with Crippen LogP contribution in [0.25, 0.3) is 0 Å². The Bertz CT molecular complexity index is 359. The van der Waals surface area contributed by atoms with Gasteiger partial charge < -0.3 is 9.94 Å². The van der Waals surface area contributed by atoms with Crippen LogP contribution < -0.4 is 0 Å². The number of carboxylic acid groups (broad SMARTS) is 1. The highest BCUT2D eigenvalue weighted by atomic mass is 35.5. The van der Waals surface area contributed by atoms with E-state index in [0.717, 1.165) is 0 Å². The van der Waals surface area contributed by atoms with Crippen molar-refractivity contribution < 1.29 is 14.7 Å². The van der Waals surface area contributed by atoms with Crippen LogP contribution in [0, 0.1) is 0 Å². The molecule has 1 rings (SSSR count). The van der Waals surface area contributed by atoms with Crippen LogP contribution >= 0.6 is 11.6 Å². The van der Waals surface area contributed by atoms with E-state index in [2.05, 4.69) is 9.99 Å². The summed E-state index contributed by atoms with van der Waals surface area (Å²) in [5, 5.41) is 12.7. The van der Waals surface area contributed by atoms with Crippen molar-refractivity contribution in [3.63, 3.8) is 0 Å². The molecule has 0 aromatic heterocycles. The second-order valence-electron chi connectivity index (χ2n) is 2.43. The number of carboxylic acids is 1. The van der Waals surface area contributed by atoms with Crippen molar-refractivity contribution in [2.75, 3.05) is 7.11 Å². The number of aliphatic carboxylic acids is 1. The fourth-order valence-electron chi connectivity index (χ4n) is 0.914. The minimum Gasteiger partial charge on any atom is -0.476 e. The largest absolute Gasteiger partial charge is 0.476 e. The van der Waals surface area contributed by atoms with Crippen molar-refractivity contribution in [2.45, 2.75) is 0 Å². The summed E-state index contributed by atoms with van der Waals surface area (Å²) in [7, 11) is 1.29. The van der Waals surface area contributed by atoms with Gasteiger partial charge in [-0.3, -0.25) is 0 Å². The average molecular weight is 214 g/mol. The molecular weight excluding hydrogens is 206 g/mol. The fourth-order valence-corrected chi connectivity index (χ4v) is 1.04. The number of carbonyl (C=O) groups is 1. The van der Waals surface area contributed by atoms with E-state index in [0.29, 0.717) is 10.6 Å². The molecule has 0 unspecified atom stereocenters. The van der Waals surface area contributed by atoms with Crippen molar-refractivity contribution in [3.05, 3.63) is 34.9 Å². The first-order chi connectivity index (χ1) is 6.65. The van der Waals surface area contributed by atoms with Crippen LogP contribution in [0.1, 0.15) is 5.56 Å². The average Bonchev–Trinajstić information content (AvgIpc) is 2.15. The van der Waals surface area contributed by atoms with E-state index in [9.17, 15) is 4.79 Å². The van der Waals surface area contributed by atoms with Crippen molar-refractivity contribution in [3.8, 4) is 0 Å². The van der Waals surface area contributed by atoms with Gasteiger partial charge in [0, 0.05) is 10.6 Å². The first-order valence-electron chi connectivity index (χ1n) is 3.75. The van der Waals surface area contributed by atoms with Crippen molar-refractivity contribution in [2.24, 2.45) is 5.16 Å². The van der Waals surface area contributed by atoms with Gasteiger partial charge in [0.25, 0.3) is 0 Å². The number of benzene rings is 1. The topological polar surface area (TPSA) is 58.9 Å². The number of hydrogen-bond donors (Lipinski definition) is 1. The third-order valence-electron chi connectivity index (χ3n) is 1.50. The van der Waals surface area contributed by atoms with E-state index in [1.54, 1.807) is 24.3 Å². The molecule has 0 saturated heterocycles. The molecule has 1 aromatic carbocycles. The number of halogens is 1. The van der Waals surface area contributed by atoms with E-state index < -0.39 is 5.97 Å². The van der Waals surface area contributed by atoms with Crippen LogP contribution in [0.5, 0.6) is 0 Å². The Morgan fingerprint density at radius 2 is 2.00 bits per heavy atom. The van der Waals surface area contributed by atoms with E-state index in [1.165, 1.54) is 7.11 Å². The lowest BCUT2D eigenvalue weighted by atomic mass is 10.1. The van der Waals surface area contributed by atoms with Gasteiger partial charge in [0.1, 0.15) is 7.11 Å². The van der Waals surface area contributed by atoms with E-state index >= 15 is 0 Å². The van der Waals surface area contributed by atoms with Crippen LogP contribution in [0.15, 0.2) is 29.4 Å². The summed E-state index contributed by atoms with van der Waals surface area (Å²) in [6.45, 7) is 0. The smallest absolute Gasteiger partial charge is 0.358 e. The molecule has 0 amide bonds. The molecule has 74 valence electrons. The molecular formula is C9H8ClNO3.